The highest BCUT2D eigenvalue weighted by atomic mass is 15.2. The summed E-state index contributed by atoms with van der Waals surface area (Å²) in [5.41, 5.74) is 24.0. The minimum absolute atomic E-state index is 0.0120. The predicted octanol–water partition coefficient (Wildman–Crippen LogP) is 13.3. The first-order chi connectivity index (χ1) is 26.8. The second-order valence-corrected chi connectivity index (χ2v) is 23.5. The van der Waals surface area contributed by atoms with Gasteiger partial charge in [0.1, 0.15) is 0 Å². The lowest BCUT2D eigenvalue weighted by Gasteiger charge is -2.48. The van der Waals surface area contributed by atoms with Gasteiger partial charge >= 0.3 is 0 Å². The summed E-state index contributed by atoms with van der Waals surface area (Å²) in [4.78, 5) is 5.30. The van der Waals surface area contributed by atoms with Gasteiger partial charge in [-0.15, -0.1) is 0 Å². The molecule has 0 unspecified atom stereocenters. The van der Waals surface area contributed by atoms with E-state index in [2.05, 4.69) is 199 Å². The number of anilines is 6. The number of benzene rings is 5. The fraction of sp³-hybridized carbons (Fsp3) is 0.455. The Labute approximate surface area is 351 Å². The van der Waals surface area contributed by atoms with Crippen LogP contribution in [0.15, 0.2) is 78.9 Å². The Balaban J connectivity index is 1.41. The summed E-state index contributed by atoms with van der Waals surface area (Å²) in [5.74, 6) is 0. The molecule has 300 valence electrons. The molecule has 4 aliphatic rings. The van der Waals surface area contributed by atoms with Crippen molar-refractivity contribution in [1.82, 2.24) is 0 Å². The predicted molar refractivity (Wildman–Crippen MR) is 253 cm³/mol. The monoisotopic (exact) mass is 767 g/mol. The topological polar surface area (TPSA) is 6.48 Å². The zero-order chi connectivity index (χ0) is 41.9. The van der Waals surface area contributed by atoms with Gasteiger partial charge in [0.25, 0.3) is 6.71 Å². The van der Waals surface area contributed by atoms with Crippen molar-refractivity contribution in [2.45, 2.75) is 163 Å². The normalized spacial score (nSPS) is 19.3. The third-order valence-corrected chi connectivity index (χ3v) is 15.0. The first kappa shape index (κ1) is 39.2. The molecule has 0 radical (unpaired) electrons. The van der Waals surface area contributed by atoms with E-state index in [-0.39, 0.29) is 39.2 Å². The Morgan fingerprint density at radius 3 is 1.53 bits per heavy atom. The third kappa shape index (κ3) is 5.79. The van der Waals surface area contributed by atoms with Crippen molar-refractivity contribution in [2.75, 3.05) is 9.80 Å². The van der Waals surface area contributed by atoms with Gasteiger partial charge in [-0.1, -0.05) is 133 Å². The lowest BCUT2D eigenvalue weighted by Crippen LogP contribution is -2.62. The van der Waals surface area contributed by atoms with Crippen LogP contribution in [0.25, 0.3) is 0 Å². The number of hydrogen-bond donors (Lipinski definition) is 0. The van der Waals surface area contributed by atoms with E-state index in [9.17, 15) is 0 Å². The molecular formula is C55H67BN2. The Morgan fingerprint density at radius 1 is 0.466 bits per heavy atom. The van der Waals surface area contributed by atoms with E-state index >= 15 is 0 Å². The van der Waals surface area contributed by atoms with Crippen LogP contribution in [0.4, 0.5) is 34.1 Å². The maximum Gasteiger partial charge on any atom is 0.252 e. The summed E-state index contributed by atoms with van der Waals surface area (Å²) in [6.45, 7) is 38.5. The second kappa shape index (κ2) is 12.2. The summed E-state index contributed by atoms with van der Waals surface area (Å²) >= 11 is 0. The Morgan fingerprint density at radius 2 is 0.948 bits per heavy atom. The van der Waals surface area contributed by atoms with E-state index in [4.69, 9.17) is 0 Å². The molecule has 9 rings (SSSR count). The van der Waals surface area contributed by atoms with Gasteiger partial charge in [-0.2, -0.15) is 0 Å². The van der Waals surface area contributed by atoms with E-state index in [1.165, 1.54) is 108 Å². The zero-order valence-corrected chi connectivity index (χ0v) is 38.6. The minimum atomic E-state index is 0.0120. The summed E-state index contributed by atoms with van der Waals surface area (Å²) in [6.07, 6.45) is 3.54. The van der Waals surface area contributed by atoms with Gasteiger partial charge in [0, 0.05) is 34.1 Å². The summed E-state index contributed by atoms with van der Waals surface area (Å²) in [5, 5.41) is 0. The van der Waals surface area contributed by atoms with Crippen molar-refractivity contribution in [3.63, 3.8) is 0 Å². The van der Waals surface area contributed by atoms with Crippen LogP contribution in [0.1, 0.15) is 161 Å². The maximum atomic E-state index is 2.71. The van der Waals surface area contributed by atoms with Gasteiger partial charge in [0.15, 0.2) is 0 Å². The summed E-state index contributed by atoms with van der Waals surface area (Å²) in [7, 11) is 0. The zero-order valence-electron chi connectivity index (χ0n) is 38.6. The smallest absolute Gasteiger partial charge is 0.252 e. The molecule has 5 aromatic rings. The fourth-order valence-electron chi connectivity index (χ4n) is 11.7. The van der Waals surface area contributed by atoms with Gasteiger partial charge in [0.05, 0.1) is 0 Å². The van der Waals surface area contributed by atoms with Gasteiger partial charge in [-0.05, 0) is 169 Å². The molecule has 2 heterocycles. The maximum absolute atomic E-state index is 2.71. The van der Waals surface area contributed by atoms with Gasteiger partial charge in [0.2, 0.25) is 0 Å². The molecule has 0 bridgehead atoms. The fourth-order valence-corrected chi connectivity index (χ4v) is 11.7. The van der Waals surface area contributed by atoms with Crippen LogP contribution >= 0.6 is 0 Å². The van der Waals surface area contributed by atoms with Crippen LogP contribution in [-0.2, 0) is 32.5 Å². The van der Waals surface area contributed by atoms with Gasteiger partial charge in [-0.25, -0.2) is 0 Å². The number of hydrogen-bond acceptors (Lipinski definition) is 2. The van der Waals surface area contributed by atoms with Crippen LogP contribution in [0, 0.1) is 13.8 Å². The molecule has 58 heavy (non-hydrogen) atoms. The molecule has 0 atom stereocenters. The molecule has 3 heteroatoms. The van der Waals surface area contributed by atoms with Crippen LogP contribution in [0.3, 0.4) is 0 Å². The van der Waals surface area contributed by atoms with E-state index in [1.54, 1.807) is 0 Å². The van der Waals surface area contributed by atoms with Crippen molar-refractivity contribution < 1.29 is 0 Å². The van der Waals surface area contributed by atoms with Crippen molar-refractivity contribution in [3.8, 4) is 0 Å². The van der Waals surface area contributed by atoms with Crippen LogP contribution in [-0.4, -0.2) is 6.71 Å². The SMILES string of the molecule is Cc1cc2c3c(c1)N(c1cc4c(cc1C)C(C)(C)CC4(C)C)c1cc4c(cc1B3c1cc(C(C)(C)C)ccc1N2c1ccc(C(C)(C)C)cc1)C(C)(C)CCC4(C)C. The standard InChI is InChI=1S/C55H67BN2/c1-33-25-47-49-48(26-33)58(45-30-41-38(27-34(45)2)54(13,14)32-55(41,15)16)46-31-40-39(52(9,10)23-24-53(40,11)12)29-43(46)56(49)42-28-36(51(6,7)8)19-22-44(42)57(47)37-20-17-35(18-21-37)50(3,4)5/h17-22,25-31H,23-24,32H2,1-16H3. The van der Waals surface area contributed by atoms with Crippen LogP contribution < -0.4 is 26.2 Å². The van der Waals surface area contributed by atoms with Gasteiger partial charge in [-0.3, -0.25) is 0 Å². The lowest BCUT2D eigenvalue weighted by molar-refractivity contribution is 0.332. The number of fused-ring (bicyclic) bond motifs is 6. The summed E-state index contributed by atoms with van der Waals surface area (Å²) < 4.78 is 0. The quantitative estimate of drug-likeness (QED) is 0.162. The molecule has 0 saturated heterocycles. The lowest BCUT2D eigenvalue weighted by atomic mass is 9.33. The number of nitrogens with zero attached hydrogens (tertiary/aromatic N) is 2. The number of rotatable bonds is 2. The molecule has 0 saturated carbocycles. The Hall–Kier alpha value is -4.24. The molecule has 0 fully saturated rings. The first-order valence-corrected chi connectivity index (χ1v) is 22.1. The van der Waals surface area contributed by atoms with E-state index in [0.717, 1.165) is 6.42 Å². The van der Waals surface area contributed by atoms with E-state index in [0.29, 0.717) is 0 Å². The summed E-state index contributed by atoms with van der Waals surface area (Å²) in [6, 6.07) is 32.3. The van der Waals surface area contributed by atoms with Crippen molar-refractivity contribution in [3.05, 3.63) is 123 Å². The van der Waals surface area contributed by atoms with Crippen LogP contribution in [0.2, 0.25) is 0 Å². The molecule has 0 N–H and O–H groups in total. The Kier molecular flexibility index (Phi) is 8.24. The Bertz CT molecular complexity index is 2530. The highest BCUT2D eigenvalue weighted by molar-refractivity contribution is 7.00. The first-order valence-electron chi connectivity index (χ1n) is 22.1. The van der Waals surface area contributed by atoms with E-state index in [1.807, 2.05) is 0 Å². The van der Waals surface area contributed by atoms with Gasteiger partial charge < -0.3 is 9.80 Å². The van der Waals surface area contributed by atoms with Crippen molar-refractivity contribution in [1.29, 1.82) is 0 Å². The average molecular weight is 767 g/mol. The van der Waals surface area contributed by atoms with Crippen molar-refractivity contribution in [2.24, 2.45) is 0 Å². The largest absolute Gasteiger partial charge is 0.311 e. The van der Waals surface area contributed by atoms with E-state index < -0.39 is 0 Å². The molecule has 0 spiro atoms. The van der Waals surface area contributed by atoms with Crippen LogP contribution in [0.5, 0.6) is 0 Å². The molecule has 5 aromatic carbocycles. The molecule has 2 aliphatic carbocycles. The molecule has 2 nitrogen and oxygen atoms in total. The molecule has 0 aromatic heterocycles. The molecule has 2 aliphatic heterocycles. The molecular weight excluding hydrogens is 699 g/mol. The second-order valence-electron chi connectivity index (χ2n) is 23.5. The highest BCUT2D eigenvalue weighted by Crippen LogP contribution is 2.54. The average Bonchev–Trinajstić information content (AvgIpc) is 3.30. The minimum Gasteiger partial charge on any atom is -0.311 e. The highest BCUT2D eigenvalue weighted by Gasteiger charge is 2.48. The third-order valence-electron chi connectivity index (χ3n) is 15.0. The van der Waals surface area contributed by atoms with Crippen molar-refractivity contribution >= 4 is 57.2 Å². The molecule has 0 amide bonds. The number of aryl methyl sites for hydroxylation is 2.